The van der Waals surface area contributed by atoms with E-state index in [0.717, 1.165) is 134 Å². The first-order chi connectivity index (χ1) is 41.2. The van der Waals surface area contributed by atoms with Crippen LogP contribution in [0, 0.1) is 6.92 Å². The van der Waals surface area contributed by atoms with Gasteiger partial charge >= 0.3 is 0 Å². The number of nitrogens with two attached hydrogens (primary N) is 1. The minimum absolute atomic E-state index is 0.00890. The molecular weight excluding hydrogens is 1160 g/mol. The van der Waals surface area contributed by atoms with Gasteiger partial charge in [-0.05, 0) is 140 Å². The van der Waals surface area contributed by atoms with Crippen LogP contribution in [-0.4, -0.2) is 141 Å². The molecule has 24 heteroatoms. The van der Waals surface area contributed by atoms with Gasteiger partial charge in [0.15, 0.2) is 5.65 Å². The van der Waals surface area contributed by atoms with Crippen molar-refractivity contribution in [3.63, 3.8) is 0 Å². The number of carbonyl (C=O) groups excluding carboxylic acids is 2. The second kappa shape index (κ2) is 26.5. The molecule has 6 aromatic heterocycles. The molecule has 3 aromatic carbocycles. The second-order valence-electron chi connectivity index (χ2n) is 22.6. The first-order valence-electron chi connectivity index (χ1n) is 28.8. The summed E-state index contributed by atoms with van der Waals surface area (Å²) in [5.41, 5.74) is 15.3. The van der Waals surface area contributed by atoms with Crippen molar-refractivity contribution in [2.24, 2.45) is 0 Å². The Labute approximate surface area is 512 Å². The largest absolute Gasteiger partial charge is 0.399 e. The van der Waals surface area contributed by atoms with E-state index in [9.17, 15) is 18.0 Å². The summed E-state index contributed by atoms with van der Waals surface area (Å²) in [7, 11) is -5.03. The monoisotopic (exact) mass is 1230 g/mol. The lowest BCUT2D eigenvalue weighted by Gasteiger charge is -2.35. The molecule has 0 bridgehead atoms. The van der Waals surface area contributed by atoms with Gasteiger partial charge in [-0.3, -0.25) is 19.6 Å². The highest BCUT2D eigenvalue weighted by atomic mass is 35.6. The number of aromatic nitrogens is 8. The van der Waals surface area contributed by atoms with E-state index < -0.39 is 17.4 Å². The average molecular weight is 1240 g/mol. The van der Waals surface area contributed by atoms with Crippen LogP contribution in [0.3, 0.4) is 0 Å². The van der Waals surface area contributed by atoms with Gasteiger partial charge in [-0.2, -0.15) is 26.0 Å². The average Bonchev–Trinajstić information content (AvgIpc) is 1.65. The molecule has 4 aliphatic rings. The Hall–Kier alpha value is -8.31. The number of piperazine rings is 2. The fourth-order valence-corrected chi connectivity index (χ4v) is 11.3. The first kappa shape index (κ1) is 60.8. The molecule has 6 N–H and O–H groups in total. The summed E-state index contributed by atoms with van der Waals surface area (Å²) in [6.45, 7) is 18.0. The minimum Gasteiger partial charge on any atom is -0.399 e. The van der Waals surface area contributed by atoms with Gasteiger partial charge in [0.25, 0.3) is 10.0 Å². The van der Waals surface area contributed by atoms with Crippen LogP contribution in [0.1, 0.15) is 45.1 Å². The van der Waals surface area contributed by atoms with Crippen LogP contribution in [0.15, 0.2) is 139 Å². The number of anilines is 7. The third kappa shape index (κ3) is 15.6. The number of H-pyrrole nitrogens is 1. The number of aromatic amines is 1. The normalized spacial score (nSPS) is 15.2. The number of amides is 2. The number of halogens is 2. The Kier molecular flexibility index (Phi) is 18.8. The van der Waals surface area contributed by atoms with Crippen molar-refractivity contribution >= 4 is 114 Å². The lowest BCUT2D eigenvalue weighted by Crippen LogP contribution is -2.48. The number of fused-ring (bicyclic) bond motifs is 2. The smallest absolute Gasteiger partial charge is 0.269 e. The molecule has 2 aliphatic carbocycles. The number of carbonyl (C=O) groups is 2. The number of nitrogens with one attached hydrogen (secondary N) is 4. The van der Waals surface area contributed by atoms with E-state index in [1.165, 1.54) is 9.66 Å². The molecule has 8 heterocycles. The van der Waals surface area contributed by atoms with Crippen molar-refractivity contribution in [3.8, 4) is 22.3 Å². The lowest BCUT2D eigenvalue weighted by atomic mass is 10.1. The molecule has 9 aromatic rings. The van der Waals surface area contributed by atoms with Crippen LogP contribution in [0.2, 0.25) is 24.9 Å². The van der Waals surface area contributed by atoms with Gasteiger partial charge in [-0.15, -0.1) is 0 Å². The Bertz CT molecular complexity index is 3900. The number of hydrogen-bond donors (Lipinski definition) is 5. The van der Waals surface area contributed by atoms with Crippen molar-refractivity contribution in [1.82, 2.24) is 48.7 Å². The SMILES string of the molecule is CC(=O)N1CCN(c2ccc(N)cc2)CC1.CC(=O)N1CCN(c2ccc(Nc3nc(NC4CC4)c4c(-c5ccncc5)c[nH]c4n3)cc2)CC1.C[Si](C)(C)Cl.Cc1ccc(S(=O)(=O)n2cc(-c3ccncc3)c3c(NC4CC4)nc(Cl)nc32)cc1. The zero-order valence-corrected chi connectivity index (χ0v) is 52.5. The zero-order chi connectivity index (χ0) is 60.7. The summed E-state index contributed by atoms with van der Waals surface area (Å²) < 4.78 is 28.2. The van der Waals surface area contributed by atoms with E-state index in [4.69, 9.17) is 38.4 Å². The zero-order valence-electron chi connectivity index (χ0n) is 49.1. The van der Waals surface area contributed by atoms with Gasteiger partial charge < -0.3 is 46.3 Å². The van der Waals surface area contributed by atoms with Gasteiger partial charge in [0, 0.05) is 149 Å². The highest BCUT2D eigenvalue weighted by Gasteiger charge is 2.30. The maximum Gasteiger partial charge on any atom is 0.269 e. The van der Waals surface area contributed by atoms with Gasteiger partial charge in [0.05, 0.1) is 15.7 Å². The first-order valence-corrected chi connectivity index (χ1v) is 35.1. The molecule has 86 heavy (non-hydrogen) atoms. The molecule has 4 fully saturated rings. The van der Waals surface area contributed by atoms with E-state index >= 15 is 0 Å². The van der Waals surface area contributed by atoms with Crippen molar-refractivity contribution in [2.45, 2.75) is 83.1 Å². The number of rotatable bonds is 12. The number of nitrogen functional groups attached to an aromatic ring is 1. The standard InChI is InChI=1S/C26H28N8O.C21H18ClN5O2S.C12H17N3O.C3H9ClSi/c1-17(35)33-12-14-34(15-13-33)21-6-4-20(5-7-21)30-26-31-24-23(25(32-26)29-19-2-3-19)22(16-28-24)18-8-10-27-11-9-18;1-13-2-6-16(7-3-13)30(28,29)27-12-17(14-8-10-23-11-9-14)18-19(24-15-4-5-15)25-21(22)26-20(18)27;1-10(16)14-6-8-15(9-7-14)12-4-2-11(13)3-5-12;1-5(2,3)4/h4-11,16,19H,2-3,12-15H2,1H3,(H3,28,29,30,31,32);2-3,6-12,15H,4-5H2,1H3,(H,24,25,26);2-5H,6-9,13H2,1H3;1-3H3. The predicted octanol–water partition coefficient (Wildman–Crippen LogP) is 11.3. The van der Waals surface area contributed by atoms with Crippen LogP contribution < -0.4 is 31.5 Å². The van der Waals surface area contributed by atoms with Gasteiger partial charge in [0.1, 0.15) is 24.7 Å². The maximum absolute atomic E-state index is 13.5. The number of nitrogens with zero attached hydrogens (tertiary/aromatic N) is 11. The van der Waals surface area contributed by atoms with Crippen LogP contribution in [0.5, 0.6) is 0 Å². The molecule has 2 amide bonds. The summed E-state index contributed by atoms with van der Waals surface area (Å²) in [5, 5.41) is 11.9. The fraction of sp³-hybridized carbons (Fsp3) is 0.323. The van der Waals surface area contributed by atoms with Crippen LogP contribution >= 0.6 is 22.7 Å². The van der Waals surface area contributed by atoms with Gasteiger partial charge in [-0.25, -0.2) is 17.4 Å². The molecule has 0 spiro atoms. The Morgan fingerprint density at radius 3 is 1.59 bits per heavy atom. The van der Waals surface area contributed by atoms with Crippen LogP contribution in [0.4, 0.5) is 40.3 Å². The lowest BCUT2D eigenvalue weighted by molar-refractivity contribution is -0.129. The Balaban J connectivity index is 0.000000145. The van der Waals surface area contributed by atoms with Crippen molar-refractivity contribution in [3.05, 3.63) is 145 Å². The number of hydrogen-bond acceptors (Lipinski definition) is 16. The molecule has 448 valence electrons. The van der Waals surface area contributed by atoms with E-state index in [2.05, 4.69) is 82.4 Å². The molecule has 20 nitrogen and oxygen atoms in total. The highest BCUT2D eigenvalue weighted by Crippen LogP contribution is 2.39. The second-order valence-corrected chi connectivity index (χ2v) is 32.3. The maximum atomic E-state index is 13.5. The number of pyridine rings is 2. The summed E-state index contributed by atoms with van der Waals surface area (Å²) in [5.74, 6) is 2.24. The molecule has 2 aliphatic heterocycles. The molecule has 0 atom stereocenters. The fourth-order valence-electron chi connectivity index (χ4n) is 9.86. The third-order valence-corrected chi connectivity index (χ3v) is 16.5. The quantitative estimate of drug-likeness (QED) is 0.0331. The summed E-state index contributed by atoms with van der Waals surface area (Å²) in [6.07, 6.45) is 14.9. The number of benzene rings is 3. The minimum atomic E-state index is -3.89. The van der Waals surface area contributed by atoms with E-state index in [0.29, 0.717) is 34.8 Å². The van der Waals surface area contributed by atoms with E-state index in [1.54, 1.807) is 69.1 Å². The molecule has 13 rings (SSSR count). The summed E-state index contributed by atoms with van der Waals surface area (Å²) in [6, 6.07) is 31.3. The van der Waals surface area contributed by atoms with E-state index in [1.807, 2.05) is 83.6 Å². The van der Waals surface area contributed by atoms with E-state index in [-0.39, 0.29) is 27.6 Å². The predicted molar refractivity (Wildman–Crippen MR) is 349 cm³/mol. The van der Waals surface area contributed by atoms with Crippen LogP contribution in [-0.2, 0) is 19.6 Å². The highest BCUT2D eigenvalue weighted by molar-refractivity contribution is 7.90. The van der Waals surface area contributed by atoms with Crippen molar-refractivity contribution in [1.29, 1.82) is 0 Å². The van der Waals surface area contributed by atoms with Crippen LogP contribution in [0.25, 0.3) is 44.3 Å². The number of aryl methyl sites for hydroxylation is 1. The molecule has 2 saturated carbocycles. The molecule has 2 saturated heterocycles. The topological polar surface area (TPSA) is 241 Å². The summed E-state index contributed by atoms with van der Waals surface area (Å²) in [4.78, 5) is 61.1. The molecular formula is C62H72Cl2N16O4SSi. The molecule has 0 unspecified atom stereocenters. The Morgan fingerprint density at radius 1 is 0.628 bits per heavy atom. The molecule has 0 radical (unpaired) electrons. The van der Waals surface area contributed by atoms with Crippen molar-refractivity contribution < 1.29 is 18.0 Å². The Morgan fingerprint density at radius 2 is 1.10 bits per heavy atom. The van der Waals surface area contributed by atoms with Gasteiger partial charge in [-0.1, -0.05) is 37.3 Å². The summed E-state index contributed by atoms with van der Waals surface area (Å²) >= 11 is 11.9. The van der Waals surface area contributed by atoms with Gasteiger partial charge in [0.2, 0.25) is 23.0 Å². The van der Waals surface area contributed by atoms with Crippen molar-refractivity contribution in [2.75, 3.05) is 83.8 Å². The third-order valence-electron chi connectivity index (χ3n) is 14.7.